The van der Waals surface area contributed by atoms with E-state index in [1.165, 1.54) is 5.56 Å². The van der Waals surface area contributed by atoms with Gasteiger partial charge in [0.05, 0.1) is 5.39 Å². The summed E-state index contributed by atoms with van der Waals surface area (Å²) in [4.78, 5) is 9.24. The van der Waals surface area contributed by atoms with Gasteiger partial charge in [-0.1, -0.05) is 70.0 Å². The van der Waals surface area contributed by atoms with Crippen LogP contribution in [0.5, 0.6) is 0 Å². The monoisotopic (exact) mass is 502 g/mol. The highest BCUT2D eigenvalue weighted by Gasteiger charge is 2.17. The minimum Gasteiger partial charge on any atom is -0.369 e. The number of anilines is 1. The number of nitrogens with zero attached hydrogens (tertiary/aromatic N) is 3. The molecular formula is C26H20BrClN4. The molecule has 0 aliphatic heterocycles. The number of aromatic nitrogens is 3. The van der Waals surface area contributed by atoms with Gasteiger partial charge in [-0.2, -0.15) is 0 Å². The number of nitrogens with one attached hydrogen (secondary N) is 1. The van der Waals surface area contributed by atoms with E-state index >= 15 is 0 Å². The lowest BCUT2D eigenvalue weighted by Gasteiger charge is -2.09. The maximum absolute atomic E-state index is 6.01. The molecule has 158 valence electrons. The highest BCUT2D eigenvalue weighted by Crippen LogP contribution is 2.35. The molecule has 0 unspecified atom stereocenters. The van der Waals surface area contributed by atoms with Crippen molar-refractivity contribution in [1.29, 1.82) is 0 Å². The molecule has 5 aromatic rings. The van der Waals surface area contributed by atoms with Crippen molar-refractivity contribution in [2.24, 2.45) is 0 Å². The summed E-state index contributed by atoms with van der Waals surface area (Å²) in [5.41, 5.74) is 5.37. The van der Waals surface area contributed by atoms with Crippen LogP contribution in [0.25, 0.3) is 27.8 Å². The molecule has 4 nitrogen and oxygen atoms in total. The predicted octanol–water partition coefficient (Wildman–Crippen LogP) is 7.16. The zero-order chi connectivity index (χ0) is 21.9. The second-order valence-electron chi connectivity index (χ2n) is 7.48. The summed E-state index contributed by atoms with van der Waals surface area (Å²) in [6.07, 6.45) is 4.64. The molecule has 0 saturated carbocycles. The van der Waals surface area contributed by atoms with Crippen LogP contribution in [-0.2, 0) is 6.42 Å². The maximum Gasteiger partial charge on any atom is 0.150 e. The Morgan fingerprint density at radius 1 is 0.875 bits per heavy atom. The van der Waals surface area contributed by atoms with E-state index in [0.29, 0.717) is 0 Å². The fourth-order valence-electron chi connectivity index (χ4n) is 3.81. The van der Waals surface area contributed by atoms with Gasteiger partial charge in [-0.3, -0.25) is 0 Å². The largest absolute Gasteiger partial charge is 0.369 e. The lowest BCUT2D eigenvalue weighted by atomic mass is 10.1. The Balaban J connectivity index is 1.56. The van der Waals surface area contributed by atoms with Crippen LogP contribution in [0.2, 0.25) is 5.02 Å². The molecule has 0 radical (unpaired) electrons. The van der Waals surface area contributed by atoms with Gasteiger partial charge in [0.2, 0.25) is 0 Å². The van der Waals surface area contributed by atoms with E-state index in [1.807, 2.05) is 30.3 Å². The summed E-state index contributed by atoms with van der Waals surface area (Å²) >= 11 is 9.53. The number of hydrogen-bond donors (Lipinski definition) is 1. The van der Waals surface area contributed by atoms with Crippen molar-refractivity contribution >= 4 is 44.4 Å². The van der Waals surface area contributed by atoms with Crippen molar-refractivity contribution in [3.05, 3.63) is 106 Å². The second-order valence-corrected chi connectivity index (χ2v) is 8.83. The molecule has 0 bridgehead atoms. The van der Waals surface area contributed by atoms with Crippen LogP contribution in [0.1, 0.15) is 5.56 Å². The summed E-state index contributed by atoms with van der Waals surface area (Å²) in [5, 5.41) is 5.29. The van der Waals surface area contributed by atoms with E-state index in [-0.39, 0.29) is 0 Å². The number of halogens is 2. The molecule has 0 atom stereocenters. The third-order valence-corrected chi connectivity index (χ3v) is 6.17. The van der Waals surface area contributed by atoms with Gasteiger partial charge in [0.25, 0.3) is 0 Å². The van der Waals surface area contributed by atoms with Crippen molar-refractivity contribution in [3.63, 3.8) is 0 Å². The number of benzene rings is 3. The Kier molecular flexibility index (Phi) is 5.93. The fraction of sp³-hybridized carbons (Fsp3) is 0.0769. The van der Waals surface area contributed by atoms with Gasteiger partial charge in [0.1, 0.15) is 12.1 Å². The molecule has 32 heavy (non-hydrogen) atoms. The third-order valence-electron chi connectivity index (χ3n) is 5.39. The standard InChI is InChI=1S/C26H20BrClN4/c27-20-8-12-22(13-9-20)32-16-23(19-4-2-1-3-5-19)24-25(30-17-31-26(24)32)29-15-14-18-6-10-21(28)11-7-18/h1-13,16-17H,14-15H2,(H,29,30,31). The molecule has 0 saturated heterocycles. The Labute approximate surface area is 200 Å². The zero-order valence-corrected chi connectivity index (χ0v) is 19.5. The number of fused-ring (bicyclic) bond motifs is 1. The van der Waals surface area contributed by atoms with Gasteiger partial charge in [0.15, 0.2) is 5.65 Å². The molecule has 0 fully saturated rings. The summed E-state index contributed by atoms with van der Waals surface area (Å²) in [5.74, 6) is 0.832. The quantitative estimate of drug-likeness (QED) is 0.267. The Hall–Kier alpha value is -3.15. The first-order valence-electron chi connectivity index (χ1n) is 10.3. The molecule has 2 aromatic heterocycles. The van der Waals surface area contributed by atoms with Crippen LogP contribution >= 0.6 is 27.5 Å². The summed E-state index contributed by atoms with van der Waals surface area (Å²) in [6, 6.07) is 26.5. The highest BCUT2D eigenvalue weighted by atomic mass is 79.9. The maximum atomic E-state index is 6.01. The van der Waals surface area contributed by atoms with Gasteiger partial charge >= 0.3 is 0 Å². The molecule has 3 aromatic carbocycles. The van der Waals surface area contributed by atoms with Crippen LogP contribution < -0.4 is 5.32 Å². The molecule has 5 rings (SSSR count). The van der Waals surface area contributed by atoms with Crippen molar-refractivity contribution in [3.8, 4) is 16.8 Å². The van der Waals surface area contributed by atoms with Crippen molar-refractivity contribution in [1.82, 2.24) is 14.5 Å². The summed E-state index contributed by atoms with van der Waals surface area (Å²) < 4.78 is 3.16. The van der Waals surface area contributed by atoms with Crippen LogP contribution in [0, 0.1) is 0 Å². The molecule has 0 aliphatic carbocycles. The van der Waals surface area contributed by atoms with E-state index in [1.54, 1.807) is 6.33 Å². The average Bonchev–Trinajstić information content (AvgIpc) is 3.22. The van der Waals surface area contributed by atoms with E-state index in [9.17, 15) is 0 Å². The Morgan fingerprint density at radius 3 is 2.38 bits per heavy atom. The van der Waals surface area contributed by atoms with Gasteiger partial charge in [0, 0.05) is 33.5 Å². The van der Waals surface area contributed by atoms with Crippen LogP contribution in [0.4, 0.5) is 5.82 Å². The molecule has 0 spiro atoms. The zero-order valence-electron chi connectivity index (χ0n) is 17.2. The lowest BCUT2D eigenvalue weighted by molar-refractivity contribution is 1.00. The third kappa shape index (κ3) is 4.27. The average molecular weight is 504 g/mol. The highest BCUT2D eigenvalue weighted by molar-refractivity contribution is 9.10. The number of rotatable bonds is 6. The van der Waals surface area contributed by atoms with Crippen molar-refractivity contribution < 1.29 is 0 Å². The van der Waals surface area contributed by atoms with Gasteiger partial charge < -0.3 is 9.88 Å². The van der Waals surface area contributed by atoms with E-state index in [4.69, 9.17) is 11.6 Å². The number of hydrogen-bond acceptors (Lipinski definition) is 3. The topological polar surface area (TPSA) is 42.7 Å². The molecule has 1 N–H and O–H groups in total. The first kappa shape index (κ1) is 20.7. The van der Waals surface area contributed by atoms with Crippen LogP contribution in [0.3, 0.4) is 0 Å². The first-order valence-corrected chi connectivity index (χ1v) is 11.5. The molecular weight excluding hydrogens is 484 g/mol. The molecule has 0 aliphatic rings. The van der Waals surface area contributed by atoms with E-state index < -0.39 is 0 Å². The minimum atomic E-state index is 0.751. The van der Waals surface area contributed by atoms with Crippen molar-refractivity contribution in [2.75, 3.05) is 11.9 Å². The summed E-state index contributed by atoms with van der Waals surface area (Å²) in [7, 11) is 0. The smallest absolute Gasteiger partial charge is 0.150 e. The fourth-order valence-corrected chi connectivity index (χ4v) is 4.20. The SMILES string of the molecule is Clc1ccc(CCNc2ncnc3c2c(-c2ccccc2)cn3-c2ccc(Br)cc2)cc1. The van der Waals surface area contributed by atoms with Gasteiger partial charge in [-0.25, -0.2) is 9.97 Å². The van der Waals surface area contributed by atoms with E-state index in [0.717, 1.165) is 56.1 Å². The van der Waals surface area contributed by atoms with Crippen molar-refractivity contribution in [2.45, 2.75) is 6.42 Å². The molecule has 2 heterocycles. The van der Waals surface area contributed by atoms with Gasteiger partial charge in [-0.05, 0) is 53.9 Å². The minimum absolute atomic E-state index is 0.751. The summed E-state index contributed by atoms with van der Waals surface area (Å²) in [6.45, 7) is 0.755. The molecule has 0 amide bonds. The lowest BCUT2D eigenvalue weighted by Crippen LogP contribution is -2.07. The predicted molar refractivity (Wildman–Crippen MR) is 136 cm³/mol. The normalized spacial score (nSPS) is 11.1. The van der Waals surface area contributed by atoms with Crippen LogP contribution in [0.15, 0.2) is 95.9 Å². The molecule has 6 heteroatoms. The van der Waals surface area contributed by atoms with Crippen LogP contribution in [-0.4, -0.2) is 21.1 Å². The Bertz CT molecular complexity index is 1350. The van der Waals surface area contributed by atoms with E-state index in [2.05, 4.69) is 90.5 Å². The second kappa shape index (κ2) is 9.15. The Morgan fingerprint density at radius 2 is 1.62 bits per heavy atom. The first-order chi connectivity index (χ1) is 15.7. The van der Waals surface area contributed by atoms with Gasteiger partial charge in [-0.15, -0.1) is 0 Å².